The van der Waals surface area contributed by atoms with Crippen molar-refractivity contribution < 1.29 is 27.8 Å². The Hall–Kier alpha value is -1.76. The van der Waals surface area contributed by atoms with Crippen molar-refractivity contribution in [2.75, 3.05) is 13.7 Å². The molecule has 0 fully saturated rings. The van der Waals surface area contributed by atoms with Crippen LogP contribution in [0, 0.1) is 0 Å². The van der Waals surface area contributed by atoms with E-state index in [0.717, 1.165) is 13.2 Å². The maximum atomic E-state index is 12.6. The lowest BCUT2D eigenvalue weighted by atomic mass is 10.0. The third-order valence-corrected chi connectivity index (χ3v) is 2.11. The highest BCUT2D eigenvalue weighted by atomic mass is 19.4. The molecule has 0 aromatic heterocycles. The van der Waals surface area contributed by atoms with E-state index in [-0.39, 0.29) is 5.56 Å². The first-order chi connectivity index (χ1) is 7.81. The number of carbonyl (C=O) groups is 1. The molecule has 0 aliphatic carbocycles. The van der Waals surface area contributed by atoms with Crippen LogP contribution in [0.15, 0.2) is 12.1 Å². The van der Waals surface area contributed by atoms with E-state index in [2.05, 4.69) is 4.74 Å². The maximum absolute atomic E-state index is 12.6. The molecular weight excluding hydrogens is 239 g/mol. The Morgan fingerprint density at radius 3 is 2.47 bits per heavy atom. The van der Waals surface area contributed by atoms with E-state index in [1.54, 1.807) is 0 Å². The van der Waals surface area contributed by atoms with Crippen molar-refractivity contribution in [3.63, 3.8) is 0 Å². The van der Waals surface area contributed by atoms with Gasteiger partial charge in [0, 0.05) is 5.56 Å². The second-order valence-corrected chi connectivity index (χ2v) is 3.20. The number of nitrogens with two attached hydrogens (primary N) is 1. The van der Waals surface area contributed by atoms with E-state index in [9.17, 15) is 23.1 Å². The lowest BCUT2D eigenvalue weighted by Crippen LogP contribution is -2.15. The first-order valence-corrected chi connectivity index (χ1v) is 4.52. The van der Waals surface area contributed by atoms with Crippen LogP contribution in [0.25, 0.3) is 0 Å². The van der Waals surface area contributed by atoms with Crippen LogP contribution in [0.2, 0.25) is 0 Å². The first-order valence-electron chi connectivity index (χ1n) is 4.52. The van der Waals surface area contributed by atoms with Gasteiger partial charge in [0.2, 0.25) is 0 Å². The van der Waals surface area contributed by atoms with Crippen molar-refractivity contribution in [1.82, 2.24) is 0 Å². The quantitative estimate of drug-likeness (QED) is 0.797. The zero-order chi connectivity index (χ0) is 13.2. The van der Waals surface area contributed by atoms with Crippen LogP contribution in [0.1, 0.15) is 15.9 Å². The minimum atomic E-state index is -4.78. The number of halogens is 3. The molecule has 1 aromatic carbocycles. The first kappa shape index (κ1) is 13.3. The second-order valence-electron chi connectivity index (χ2n) is 3.20. The van der Waals surface area contributed by atoms with Crippen LogP contribution >= 0.6 is 0 Å². The molecule has 0 aliphatic rings. The Balaban J connectivity index is 3.44. The van der Waals surface area contributed by atoms with Gasteiger partial charge >= 0.3 is 6.18 Å². The topological polar surface area (TPSA) is 72.5 Å². The molecule has 0 bridgehead atoms. The number of alkyl halides is 3. The van der Waals surface area contributed by atoms with Gasteiger partial charge in [-0.3, -0.25) is 4.79 Å². The number of aromatic hydroxyl groups is 1. The van der Waals surface area contributed by atoms with Crippen molar-refractivity contribution in [3.05, 3.63) is 23.3 Å². The van der Waals surface area contributed by atoms with Gasteiger partial charge in [0.15, 0.2) is 17.3 Å². The SMILES string of the molecule is COc1cc(C(=O)CN)cc(C(F)(F)F)c1O. The van der Waals surface area contributed by atoms with Crippen molar-refractivity contribution in [2.24, 2.45) is 5.73 Å². The summed E-state index contributed by atoms with van der Waals surface area (Å²) in [7, 11) is 1.09. The smallest absolute Gasteiger partial charge is 0.420 e. The fourth-order valence-electron chi connectivity index (χ4n) is 1.26. The molecule has 1 aromatic rings. The van der Waals surface area contributed by atoms with E-state index in [1.165, 1.54) is 0 Å². The average molecular weight is 249 g/mol. The Morgan fingerprint density at radius 2 is 2.06 bits per heavy atom. The molecule has 4 nitrogen and oxygen atoms in total. The number of benzene rings is 1. The summed E-state index contributed by atoms with van der Waals surface area (Å²) in [4.78, 5) is 11.2. The Morgan fingerprint density at radius 1 is 1.47 bits per heavy atom. The number of hydrogen-bond acceptors (Lipinski definition) is 4. The van der Waals surface area contributed by atoms with E-state index < -0.39 is 35.6 Å². The summed E-state index contributed by atoms with van der Waals surface area (Å²) < 4.78 is 42.2. The number of phenolic OH excluding ortho intramolecular Hbond substituents is 1. The number of ether oxygens (including phenoxy) is 1. The van der Waals surface area contributed by atoms with Crippen LogP contribution in [-0.2, 0) is 6.18 Å². The number of carbonyl (C=O) groups excluding carboxylic acids is 1. The number of ketones is 1. The van der Waals surface area contributed by atoms with E-state index in [0.29, 0.717) is 6.07 Å². The van der Waals surface area contributed by atoms with E-state index >= 15 is 0 Å². The van der Waals surface area contributed by atoms with Gasteiger partial charge in [-0.2, -0.15) is 13.2 Å². The molecular formula is C10H10F3NO3. The van der Waals surface area contributed by atoms with E-state index in [1.807, 2.05) is 0 Å². The fourth-order valence-corrected chi connectivity index (χ4v) is 1.26. The van der Waals surface area contributed by atoms with Crippen LogP contribution < -0.4 is 10.5 Å². The van der Waals surface area contributed by atoms with Crippen LogP contribution in [-0.4, -0.2) is 24.5 Å². The van der Waals surface area contributed by atoms with Gasteiger partial charge in [-0.1, -0.05) is 0 Å². The number of Topliss-reactive ketones (excluding diaryl/α,β-unsaturated/α-hetero) is 1. The summed E-state index contributed by atoms with van der Waals surface area (Å²) in [5.74, 6) is -2.14. The second kappa shape index (κ2) is 4.62. The van der Waals surface area contributed by atoms with Gasteiger partial charge in [0.25, 0.3) is 0 Å². The van der Waals surface area contributed by atoms with Gasteiger partial charge in [0.05, 0.1) is 13.7 Å². The van der Waals surface area contributed by atoms with Gasteiger partial charge in [-0.15, -0.1) is 0 Å². The minimum absolute atomic E-state index is 0.255. The molecule has 1 rings (SSSR count). The molecule has 0 saturated carbocycles. The highest BCUT2D eigenvalue weighted by Gasteiger charge is 2.36. The summed E-state index contributed by atoms with van der Waals surface area (Å²) in [5, 5.41) is 9.32. The maximum Gasteiger partial charge on any atom is 0.420 e. The van der Waals surface area contributed by atoms with Crippen LogP contribution in [0.4, 0.5) is 13.2 Å². The van der Waals surface area contributed by atoms with Gasteiger partial charge in [0.1, 0.15) is 5.56 Å². The number of methoxy groups -OCH3 is 1. The summed E-state index contributed by atoms with van der Waals surface area (Å²) in [6, 6.07) is 1.56. The summed E-state index contributed by atoms with van der Waals surface area (Å²) in [6.45, 7) is -0.425. The molecule has 7 heteroatoms. The molecule has 0 radical (unpaired) electrons. The zero-order valence-electron chi connectivity index (χ0n) is 8.84. The third-order valence-electron chi connectivity index (χ3n) is 2.11. The summed E-state index contributed by atoms with van der Waals surface area (Å²) in [6.07, 6.45) is -4.78. The molecule has 0 atom stereocenters. The summed E-state index contributed by atoms with van der Waals surface area (Å²) in [5.41, 5.74) is 3.48. The average Bonchev–Trinajstić information content (AvgIpc) is 2.26. The van der Waals surface area contributed by atoms with Gasteiger partial charge in [-0.05, 0) is 12.1 Å². The van der Waals surface area contributed by atoms with Crippen LogP contribution in [0.5, 0.6) is 11.5 Å². The van der Waals surface area contributed by atoms with Crippen molar-refractivity contribution in [3.8, 4) is 11.5 Å². The monoisotopic (exact) mass is 249 g/mol. The predicted octanol–water partition coefficient (Wildman–Crippen LogP) is 1.56. The number of rotatable bonds is 3. The Kier molecular flexibility index (Phi) is 3.62. The molecule has 0 amide bonds. The Labute approximate surface area is 94.8 Å². The lowest BCUT2D eigenvalue weighted by Gasteiger charge is -2.13. The van der Waals surface area contributed by atoms with Crippen molar-refractivity contribution in [1.29, 1.82) is 0 Å². The van der Waals surface area contributed by atoms with E-state index in [4.69, 9.17) is 5.73 Å². The molecule has 0 unspecified atom stereocenters. The fraction of sp³-hybridized carbons (Fsp3) is 0.300. The molecule has 3 N–H and O–H groups in total. The molecule has 0 saturated heterocycles. The normalized spacial score (nSPS) is 11.4. The molecule has 0 aliphatic heterocycles. The largest absolute Gasteiger partial charge is 0.504 e. The third kappa shape index (κ3) is 2.68. The highest BCUT2D eigenvalue weighted by Crippen LogP contribution is 2.41. The van der Waals surface area contributed by atoms with Gasteiger partial charge in [-0.25, -0.2) is 0 Å². The molecule has 94 valence electrons. The standard InChI is InChI=1S/C10H10F3NO3/c1-17-8-3-5(7(15)4-14)2-6(9(8)16)10(11,12)13/h2-3,16H,4,14H2,1H3. The molecule has 17 heavy (non-hydrogen) atoms. The number of hydrogen-bond donors (Lipinski definition) is 2. The van der Waals surface area contributed by atoms with Gasteiger partial charge < -0.3 is 15.6 Å². The molecule has 0 spiro atoms. The lowest BCUT2D eigenvalue weighted by molar-refractivity contribution is -0.138. The molecule has 0 heterocycles. The Bertz CT molecular complexity index is 443. The highest BCUT2D eigenvalue weighted by molar-refractivity contribution is 5.98. The van der Waals surface area contributed by atoms with Crippen molar-refractivity contribution in [2.45, 2.75) is 6.18 Å². The van der Waals surface area contributed by atoms with Crippen molar-refractivity contribution >= 4 is 5.78 Å². The predicted molar refractivity (Wildman–Crippen MR) is 53.0 cm³/mol. The minimum Gasteiger partial charge on any atom is -0.504 e. The van der Waals surface area contributed by atoms with Crippen LogP contribution in [0.3, 0.4) is 0 Å². The summed E-state index contributed by atoms with van der Waals surface area (Å²) >= 11 is 0. The number of phenols is 1. The zero-order valence-corrected chi connectivity index (χ0v) is 8.84.